The highest BCUT2D eigenvalue weighted by molar-refractivity contribution is 7.10. The normalized spacial score (nSPS) is 11.9. The van der Waals surface area contributed by atoms with E-state index < -0.39 is 0 Å². The van der Waals surface area contributed by atoms with E-state index in [0.717, 1.165) is 27.3 Å². The second-order valence-electron chi connectivity index (χ2n) is 8.42. The van der Waals surface area contributed by atoms with E-state index in [1.165, 1.54) is 11.1 Å². The Balaban J connectivity index is 1.60. The number of nitrogens with zero attached hydrogens (tertiary/aromatic N) is 1. The fraction of sp³-hybridized carbons (Fsp3) is 0.308. The Morgan fingerprint density at radius 2 is 1.53 bits per heavy atom. The largest absolute Gasteiger partial charge is 0.343 e. The molecule has 0 aliphatic rings. The van der Waals surface area contributed by atoms with Crippen molar-refractivity contribution in [3.05, 3.63) is 86.6 Å². The van der Waals surface area contributed by atoms with Crippen LogP contribution in [0.3, 0.4) is 0 Å². The molecule has 1 heterocycles. The van der Waals surface area contributed by atoms with Gasteiger partial charge in [0.05, 0.1) is 19.1 Å². The van der Waals surface area contributed by atoms with Crippen LogP contribution < -0.4 is 10.6 Å². The Hall–Kier alpha value is -2.96. The number of aryl methyl sites for hydroxylation is 4. The van der Waals surface area contributed by atoms with Gasteiger partial charge in [0.25, 0.3) is 0 Å². The molecule has 2 amide bonds. The molecule has 5 nitrogen and oxygen atoms in total. The van der Waals surface area contributed by atoms with Gasteiger partial charge in [0.1, 0.15) is 0 Å². The zero-order chi connectivity index (χ0) is 23.3. The second-order valence-corrected chi connectivity index (χ2v) is 9.40. The van der Waals surface area contributed by atoms with Crippen LogP contribution in [-0.2, 0) is 9.59 Å². The molecule has 0 aliphatic heterocycles. The van der Waals surface area contributed by atoms with Crippen LogP contribution in [0.15, 0.2) is 53.9 Å². The number of benzene rings is 2. The first kappa shape index (κ1) is 23.7. The third-order valence-electron chi connectivity index (χ3n) is 5.31. The van der Waals surface area contributed by atoms with Crippen molar-refractivity contribution in [3.8, 4) is 0 Å². The van der Waals surface area contributed by atoms with Crippen molar-refractivity contribution in [2.45, 2.75) is 33.7 Å². The third-order valence-corrected chi connectivity index (χ3v) is 6.25. The maximum Gasteiger partial charge on any atom is 0.238 e. The van der Waals surface area contributed by atoms with Gasteiger partial charge >= 0.3 is 0 Å². The van der Waals surface area contributed by atoms with Crippen molar-refractivity contribution >= 4 is 28.8 Å². The number of thiophene rings is 1. The van der Waals surface area contributed by atoms with Gasteiger partial charge in [0.15, 0.2) is 0 Å². The Labute approximate surface area is 194 Å². The van der Waals surface area contributed by atoms with Crippen LogP contribution in [0.1, 0.15) is 38.7 Å². The summed E-state index contributed by atoms with van der Waals surface area (Å²) in [7, 11) is 1.78. The van der Waals surface area contributed by atoms with E-state index >= 15 is 0 Å². The van der Waals surface area contributed by atoms with Crippen LogP contribution in [0.25, 0.3) is 0 Å². The quantitative estimate of drug-likeness (QED) is 0.521. The van der Waals surface area contributed by atoms with Crippen LogP contribution in [0.4, 0.5) is 5.69 Å². The molecule has 32 heavy (non-hydrogen) atoms. The number of amides is 2. The Morgan fingerprint density at radius 1 is 0.906 bits per heavy atom. The molecule has 2 N–H and O–H groups in total. The fourth-order valence-electron chi connectivity index (χ4n) is 3.84. The maximum absolute atomic E-state index is 12.8. The molecule has 1 unspecified atom stereocenters. The summed E-state index contributed by atoms with van der Waals surface area (Å²) in [6.45, 7) is 8.33. The topological polar surface area (TPSA) is 61.4 Å². The first-order chi connectivity index (χ1) is 15.2. The van der Waals surface area contributed by atoms with Gasteiger partial charge in [0, 0.05) is 10.6 Å². The molecule has 0 saturated carbocycles. The van der Waals surface area contributed by atoms with Crippen LogP contribution >= 0.6 is 11.3 Å². The number of anilines is 1. The minimum Gasteiger partial charge on any atom is -0.343 e. The molecule has 0 spiro atoms. The Morgan fingerprint density at radius 3 is 2.12 bits per heavy atom. The number of rotatable bonds is 8. The molecule has 2 aromatic carbocycles. The average molecular weight is 450 g/mol. The van der Waals surface area contributed by atoms with Crippen LogP contribution in [-0.4, -0.2) is 36.9 Å². The lowest BCUT2D eigenvalue weighted by atomic mass is 10.0. The van der Waals surface area contributed by atoms with Gasteiger partial charge in [-0.1, -0.05) is 53.6 Å². The van der Waals surface area contributed by atoms with Crippen molar-refractivity contribution in [1.29, 1.82) is 0 Å². The number of hydrogen-bond donors (Lipinski definition) is 2. The highest BCUT2D eigenvalue weighted by Gasteiger charge is 2.19. The van der Waals surface area contributed by atoms with Crippen molar-refractivity contribution in [3.63, 3.8) is 0 Å². The lowest BCUT2D eigenvalue weighted by Gasteiger charge is -2.21. The predicted octanol–water partition coefficient (Wildman–Crippen LogP) is 4.76. The number of likely N-dealkylation sites (N-methyl/N-ethyl adjacent to an activating group) is 1. The van der Waals surface area contributed by atoms with Crippen molar-refractivity contribution < 1.29 is 9.59 Å². The zero-order valence-corrected chi connectivity index (χ0v) is 20.2. The number of carbonyl (C=O) groups excluding carboxylic acids is 2. The molecule has 0 aliphatic carbocycles. The lowest BCUT2D eigenvalue weighted by molar-refractivity contribution is -0.123. The number of hydrogen-bond acceptors (Lipinski definition) is 4. The van der Waals surface area contributed by atoms with Gasteiger partial charge < -0.3 is 10.6 Å². The standard InChI is InChI=1S/C26H31N3O2S/c1-17-8-10-21(11-9-17)26(22-7-6-12-32-22)28-24(31)16-29(5)15-23(30)27-25-19(3)13-18(2)14-20(25)4/h6-14,26H,15-16H2,1-5H3,(H,27,30)(H,28,31). The van der Waals surface area contributed by atoms with Crippen LogP contribution in [0, 0.1) is 27.7 Å². The van der Waals surface area contributed by atoms with Gasteiger partial charge in [-0.25, -0.2) is 0 Å². The minimum atomic E-state index is -0.205. The molecule has 3 aromatic rings. The van der Waals surface area contributed by atoms with Crippen molar-refractivity contribution in [1.82, 2.24) is 10.2 Å². The third kappa shape index (κ3) is 6.28. The van der Waals surface area contributed by atoms with E-state index in [1.807, 2.05) is 69.5 Å². The predicted molar refractivity (Wildman–Crippen MR) is 132 cm³/mol. The highest BCUT2D eigenvalue weighted by atomic mass is 32.1. The summed E-state index contributed by atoms with van der Waals surface area (Å²) < 4.78 is 0. The minimum absolute atomic E-state index is 0.123. The Bertz CT molecular complexity index is 1050. The van der Waals surface area contributed by atoms with Gasteiger partial charge in [-0.3, -0.25) is 14.5 Å². The van der Waals surface area contributed by atoms with Crippen molar-refractivity contribution in [2.75, 3.05) is 25.5 Å². The molecule has 1 atom stereocenters. The molecule has 3 rings (SSSR count). The highest BCUT2D eigenvalue weighted by Crippen LogP contribution is 2.26. The first-order valence-electron chi connectivity index (χ1n) is 10.7. The summed E-state index contributed by atoms with van der Waals surface area (Å²) in [4.78, 5) is 28.2. The maximum atomic E-state index is 12.8. The van der Waals surface area contributed by atoms with E-state index in [-0.39, 0.29) is 30.9 Å². The van der Waals surface area contributed by atoms with E-state index in [9.17, 15) is 9.59 Å². The summed E-state index contributed by atoms with van der Waals surface area (Å²) in [6.07, 6.45) is 0. The number of nitrogens with one attached hydrogen (secondary N) is 2. The first-order valence-corrected chi connectivity index (χ1v) is 11.6. The molecule has 0 bridgehead atoms. The molecular weight excluding hydrogens is 418 g/mol. The number of carbonyl (C=O) groups is 2. The van der Waals surface area contributed by atoms with Gasteiger partial charge in [-0.15, -0.1) is 11.3 Å². The molecular formula is C26H31N3O2S. The zero-order valence-electron chi connectivity index (χ0n) is 19.4. The van der Waals surface area contributed by atoms with E-state index in [1.54, 1.807) is 23.3 Å². The smallest absolute Gasteiger partial charge is 0.238 e. The molecule has 1 aromatic heterocycles. The summed E-state index contributed by atoms with van der Waals surface area (Å²) in [5.74, 6) is -0.259. The molecule has 168 valence electrons. The van der Waals surface area contributed by atoms with Crippen LogP contribution in [0.5, 0.6) is 0 Å². The lowest BCUT2D eigenvalue weighted by Crippen LogP contribution is -2.40. The van der Waals surface area contributed by atoms with E-state index in [2.05, 4.69) is 22.8 Å². The second kappa shape index (κ2) is 10.6. The Kier molecular flexibility index (Phi) is 7.83. The van der Waals surface area contributed by atoms with Crippen molar-refractivity contribution in [2.24, 2.45) is 0 Å². The molecule has 0 saturated heterocycles. The van der Waals surface area contributed by atoms with Crippen LogP contribution in [0.2, 0.25) is 0 Å². The van der Waals surface area contributed by atoms with E-state index in [4.69, 9.17) is 0 Å². The molecule has 0 fully saturated rings. The summed E-state index contributed by atoms with van der Waals surface area (Å²) >= 11 is 1.61. The van der Waals surface area contributed by atoms with Gasteiger partial charge in [-0.05, 0) is 62.9 Å². The molecule has 6 heteroatoms. The fourth-order valence-corrected chi connectivity index (χ4v) is 4.64. The monoisotopic (exact) mass is 449 g/mol. The molecule has 0 radical (unpaired) electrons. The summed E-state index contributed by atoms with van der Waals surface area (Å²) in [5.41, 5.74) is 6.30. The average Bonchev–Trinajstić information content (AvgIpc) is 3.24. The van der Waals surface area contributed by atoms with Gasteiger partial charge in [-0.2, -0.15) is 0 Å². The SMILES string of the molecule is Cc1ccc(C(NC(=O)CN(C)CC(=O)Nc2c(C)cc(C)cc2C)c2cccs2)cc1. The summed E-state index contributed by atoms with van der Waals surface area (Å²) in [6, 6.07) is 16.1. The van der Waals surface area contributed by atoms with E-state index in [0.29, 0.717) is 0 Å². The van der Waals surface area contributed by atoms with Gasteiger partial charge in [0.2, 0.25) is 11.8 Å². The summed E-state index contributed by atoms with van der Waals surface area (Å²) in [5, 5.41) is 8.13.